The van der Waals surface area contributed by atoms with Crippen molar-refractivity contribution < 1.29 is 5.11 Å². The minimum Gasteiger partial charge on any atom is -0.396 e. The maximum absolute atomic E-state index is 8.50. The summed E-state index contributed by atoms with van der Waals surface area (Å²) in [6.45, 7) is 8.43. The van der Waals surface area contributed by atoms with Gasteiger partial charge < -0.3 is 5.11 Å². The van der Waals surface area contributed by atoms with Crippen LogP contribution in [0.4, 0.5) is 0 Å². The molecule has 0 fully saturated rings. The molecule has 1 nitrogen and oxygen atoms in total. The maximum atomic E-state index is 8.50. The molecule has 0 rings (SSSR count). The van der Waals surface area contributed by atoms with Crippen molar-refractivity contribution in [1.82, 2.24) is 0 Å². The van der Waals surface area contributed by atoms with Crippen molar-refractivity contribution >= 4 is 0 Å². The Labute approximate surface area is 63.8 Å². The van der Waals surface area contributed by atoms with Gasteiger partial charge in [-0.2, -0.15) is 0 Å². The minimum absolute atomic E-state index is 0.322. The van der Waals surface area contributed by atoms with Gasteiger partial charge in [-0.25, -0.2) is 0 Å². The second kappa shape index (κ2) is 5.48. The molecule has 1 N–H and O–H groups in total. The van der Waals surface area contributed by atoms with Crippen molar-refractivity contribution in [3.05, 3.63) is 12.2 Å². The Balaban J connectivity index is 3.21. The molecule has 0 saturated heterocycles. The summed E-state index contributed by atoms with van der Waals surface area (Å²) in [6.07, 6.45) is 3.21. The lowest BCUT2D eigenvalue weighted by atomic mass is 9.98. The molecule has 0 saturated carbocycles. The summed E-state index contributed by atoms with van der Waals surface area (Å²) in [5, 5.41) is 8.50. The van der Waals surface area contributed by atoms with Gasteiger partial charge in [-0.05, 0) is 25.7 Å². The van der Waals surface area contributed by atoms with Crippen LogP contribution in [-0.4, -0.2) is 11.7 Å². The van der Waals surface area contributed by atoms with E-state index >= 15 is 0 Å². The van der Waals surface area contributed by atoms with E-state index in [1.165, 1.54) is 5.57 Å². The second-order valence-corrected chi connectivity index (χ2v) is 2.97. The summed E-state index contributed by atoms with van der Waals surface area (Å²) < 4.78 is 0. The Morgan fingerprint density at radius 1 is 1.50 bits per heavy atom. The number of hydrogen-bond donors (Lipinski definition) is 1. The van der Waals surface area contributed by atoms with Gasteiger partial charge in [0.2, 0.25) is 0 Å². The van der Waals surface area contributed by atoms with Gasteiger partial charge in [0.25, 0.3) is 0 Å². The molecule has 1 heteroatoms. The Morgan fingerprint density at radius 2 is 2.10 bits per heavy atom. The average molecular weight is 142 g/mol. The minimum atomic E-state index is 0.322. The molecule has 0 aliphatic rings. The standard InChI is InChI=1S/C9H18O/c1-8(2)9(3)6-4-5-7-10/h9-10H,1,4-7H2,2-3H3. The van der Waals surface area contributed by atoms with Gasteiger partial charge in [0, 0.05) is 6.61 Å². The molecule has 1 atom stereocenters. The van der Waals surface area contributed by atoms with Crippen LogP contribution in [0.3, 0.4) is 0 Å². The Kier molecular flexibility index (Phi) is 5.32. The number of rotatable bonds is 5. The second-order valence-electron chi connectivity index (χ2n) is 2.97. The lowest BCUT2D eigenvalue weighted by Crippen LogP contribution is -1.95. The summed E-state index contributed by atoms with van der Waals surface area (Å²) in [5.74, 6) is 0.617. The van der Waals surface area contributed by atoms with Gasteiger partial charge in [-0.3, -0.25) is 0 Å². The predicted octanol–water partition coefficient (Wildman–Crippen LogP) is 2.36. The number of allylic oxidation sites excluding steroid dienone is 1. The monoisotopic (exact) mass is 142 g/mol. The fourth-order valence-corrected chi connectivity index (χ4v) is 0.809. The summed E-state index contributed by atoms with van der Waals surface area (Å²) in [4.78, 5) is 0. The molecule has 0 radical (unpaired) electrons. The van der Waals surface area contributed by atoms with Gasteiger partial charge in [0.05, 0.1) is 0 Å². The van der Waals surface area contributed by atoms with E-state index in [1.54, 1.807) is 0 Å². The quantitative estimate of drug-likeness (QED) is 0.461. The number of unbranched alkanes of at least 4 members (excludes halogenated alkanes) is 1. The SMILES string of the molecule is C=C(C)C(C)CCCCO. The van der Waals surface area contributed by atoms with Crippen molar-refractivity contribution in [2.24, 2.45) is 5.92 Å². The largest absolute Gasteiger partial charge is 0.396 e. The average Bonchev–Trinajstić information content (AvgIpc) is 1.88. The molecule has 0 aromatic rings. The van der Waals surface area contributed by atoms with Gasteiger partial charge >= 0.3 is 0 Å². The molecule has 0 aliphatic heterocycles. The number of aliphatic hydroxyl groups excluding tert-OH is 1. The molecule has 0 bridgehead atoms. The van der Waals surface area contributed by atoms with E-state index in [0.717, 1.165) is 19.3 Å². The van der Waals surface area contributed by atoms with Crippen LogP contribution in [-0.2, 0) is 0 Å². The molecule has 0 aromatic heterocycles. The zero-order valence-corrected chi connectivity index (χ0v) is 7.06. The van der Waals surface area contributed by atoms with Crippen LogP contribution in [0.5, 0.6) is 0 Å². The molecular weight excluding hydrogens is 124 g/mol. The van der Waals surface area contributed by atoms with Crippen LogP contribution in [0.1, 0.15) is 33.1 Å². The van der Waals surface area contributed by atoms with E-state index in [0.29, 0.717) is 12.5 Å². The van der Waals surface area contributed by atoms with Crippen LogP contribution in [0, 0.1) is 5.92 Å². The molecule has 0 aromatic carbocycles. The first-order valence-corrected chi connectivity index (χ1v) is 3.94. The highest BCUT2D eigenvalue weighted by Crippen LogP contribution is 2.14. The summed E-state index contributed by atoms with van der Waals surface area (Å²) in [6, 6.07) is 0. The zero-order chi connectivity index (χ0) is 7.98. The van der Waals surface area contributed by atoms with Crippen molar-refractivity contribution in [2.75, 3.05) is 6.61 Å². The third kappa shape index (κ3) is 4.57. The highest BCUT2D eigenvalue weighted by atomic mass is 16.2. The van der Waals surface area contributed by atoms with Crippen molar-refractivity contribution in [3.63, 3.8) is 0 Å². The molecule has 0 spiro atoms. The first-order valence-electron chi connectivity index (χ1n) is 3.94. The Hall–Kier alpha value is -0.300. The Bertz CT molecular complexity index is 96.9. The van der Waals surface area contributed by atoms with Crippen LogP contribution in [0.15, 0.2) is 12.2 Å². The first-order chi connectivity index (χ1) is 4.68. The van der Waals surface area contributed by atoms with E-state index < -0.39 is 0 Å². The summed E-state index contributed by atoms with van der Waals surface area (Å²) in [5.41, 5.74) is 1.25. The summed E-state index contributed by atoms with van der Waals surface area (Å²) >= 11 is 0. The molecule has 10 heavy (non-hydrogen) atoms. The summed E-state index contributed by atoms with van der Waals surface area (Å²) in [7, 11) is 0. The lowest BCUT2D eigenvalue weighted by molar-refractivity contribution is 0.280. The molecule has 0 amide bonds. The molecule has 0 aliphatic carbocycles. The van der Waals surface area contributed by atoms with E-state index in [-0.39, 0.29) is 0 Å². The molecule has 60 valence electrons. The smallest absolute Gasteiger partial charge is 0.0431 e. The maximum Gasteiger partial charge on any atom is 0.0431 e. The first kappa shape index (κ1) is 9.70. The predicted molar refractivity (Wildman–Crippen MR) is 44.9 cm³/mol. The molecule has 0 heterocycles. The van der Waals surface area contributed by atoms with Crippen LogP contribution in [0.2, 0.25) is 0 Å². The third-order valence-corrected chi connectivity index (χ3v) is 1.89. The highest BCUT2D eigenvalue weighted by Gasteiger charge is 2.00. The van der Waals surface area contributed by atoms with Gasteiger partial charge in [-0.15, -0.1) is 0 Å². The lowest BCUT2D eigenvalue weighted by Gasteiger charge is -2.08. The van der Waals surface area contributed by atoms with Crippen LogP contribution in [0.25, 0.3) is 0 Å². The van der Waals surface area contributed by atoms with Crippen LogP contribution >= 0.6 is 0 Å². The van der Waals surface area contributed by atoms with Crippen molar-refractivity contribution in [3.8, 4) is 0 Å². The number of aliphatic hydroxyl groups is 1. The van der Waals surface area contributed by atoms with E-state index in [1.807, 2.05) is 0 Å². The third-order valence-electron chi connectivity index (χ3n) is 1.89. The van der Waals surface area contributed by atoms with E-state index in [4.69, 9.17) is 5.11 Å². The zero-order valence-electron chi connectivity index (χ0n) is 7.06. The van der Waals surface area contributed by atoms with E-state index in [2.05, 4.69) is 20.4 Å². The van der Waals surface area contributed by atoms with E-state index in [9.17, 15) is 0 Å². The van der Waals surface area contributed by atoms with Crippen molar-refractivity contribution in [1.29, 1.82) is 0 Å². The normalized spacial score (nSPS) is 13.1. The fourth-order valence-electron chi connectivity index (χ4n) is 0.809. The van der Waals surface area contributed by atoms with Crippen molar-refractivity contribution in [2.45, 2.75) is 33.1 Å². The molecule has 1 unspecified atom stereocenters. The topological polar surface area (TPSA) is 20.2 Å². The van der Waals surface area contributed by atoms with Gasteiger partial charge in [0.1, 0.15) is 0 Å². The fraction of sp³-hybridized carbons (Fsp3) is 0.778. The molecular formula is C9H18O. The van der Waals surface area contributed by atoms with Gasteiger partial charge in [-0.1, -0.05) is 25.5 Å². The number of hydrogen-bond acceptors (Lipinski definition) is 1. The van der Waals surface area contributed by atoms with Gasteiger partial charge in [0.15, 0.2) is 0 Å². The Morgan fingerprint density at radius 3 is 2.50 bits per heavy atom. The van der Waals surface area contributed by atoms with Crippen LogP contribution < -0.4 is 0 Å². The highest BCUT2D eigenvalue weighted by molar-refractivity contribution is 4.93.